The van der Waals surface area contributed by atoms with Crippen molar-refractivity contribution in [1.29, 1.82) is 0 Å². The van der Waals surface area contributed by atoms with Crippen LogP contribution in [-0.2, 0) is 10.8 Å². The maximum atomic E-state index is 12.2. The van der Waals surface area contributed by atoms with E-state index >= 15 is 0 Å². The lowest BCUT2D eigenvalue weighted by atomic mass is 9.79. The summed E-state index contributed by atoms with van der Waals surface area (Å²) in [5.74, 6) is 0.898. The van der Waals surface area contributed by atoms with Gasteiger partial charge in [0.2, 0.25) is 0 Å². The van der Waals surface area contributed by atoms with E-state index in [1.165, 1.54) is 0 Å². The first-order chi connectivity index (χ1) is 26.0. The molecule has 54 heavy (non-hydrogen) atoms. The Morgan fingerprint density at radius 2 is 1.20 bits per heavy atom. The molecule has 266 valence electrons. The van der Waals surface area contributed by atoms with Crippen molar-refractivity contribution in [1.82, 2.24) is 19.5 Å². The third kappa shape index (κ3) is 6.47. The molecule has 3 aromatic heterocycles. The Bertz CT molecular complexity index is 2630. The number of hydrogen-bond acceptors (Lipinski definition) is 4. The van der Waals surface area contributed by atoms with Gasteiger partial charge in [-0.3, -0.25) is 14.5 Å². The van der Waals surface area contributed by atoms with E-state index in [0.717, 1.165) is 72.5 Å². The Hall–Kier alpha value is -6.33. The Morgan fingerprint density at radius 3 is 1.93 bits per heavy atom. The lowest BCUT2D eigenvalue weighted by Crippen LogP contribution is -2.17. The number of pyridine rings is 2. The van der Waals surface area contributed by atoms with Crippen LogP contribution in [0.1, 0.15) is 52.7 Å². The summed E-state index contributed by atoms with van der Waals surface area (Å²) in [6.07, 6.45) is 5.65. The number of fused-ring (bicyclic) bond motifs is 1. The molecular weight excluding hydrogens is 661 g/mol. The van der Waals surface area contributed by atoms with Gasteiger partial charge in [0.15, 0.2) is 0 Å². The third-order valence-electron chi connectivity index (χ3n) is 10.2. The van der Waals surface area contributed by atoms with Gasteiger partial charge < -0.3 is 5.11 Å². The molecule has 5 heteroatoms. The van der Waals surface area contributed by atoms with Crippen LogP contribution in [0.2, 0.25) is 0 Å². The van der Waals surface area contributed by atoms with Crippen molar-refractivity contribution in [3.63, 3.8) is 0 Å². The number of para-hydroxylation sites is 1. The van der Waals surface area contributed by atoms with Crippen molar-refractivity contribution >= 4 is 11.0 Å². The number of imidazole rings is 1. The number of phenols is 1. The second-order valence-corrected chi connectivity index (χ2v) is 16.0. The minimum atomic E-state index is -0.308. The average molecular weight is 705 g/mol. The first kappa shape index (κ1) is 34.7. The van der Waals surface area contributed by atoms with E-state index in [1.54, 1.807) is 0 Å². The van der Waals surface area contributed by atoms with E-state index in [-0.39, 0.29) is 16.6 Å². The van der Waals surface area contributed by atoms with Gasteiger partial charge >= 0.3 is 0 Å². The molecule has 0 radical (unpaired) electrons. The fourth-order valence-electron chi connectivity index (χ4n) is 7.21. The summed E-state index contributed by atoms with van der Waals surface area (Å²) in [5, 5.41) is 12.2. The van der Waals surface area contributed by atoms with Gasteiger partial charge in [0, 0.05) is 34.6 Å². The molecule has 8 aromatic rings. The zero-order chi connectivity index (χ0) is 37.6. The zero-order valence-electron chi connectivity index (χ0n) is 31.7. The Morgan fingerprint density at radius 1 is 0.537 bits per heavy atom. The van der Waals surface area contributed by atoms with E-state index in [1.807, 2.05) is 36.8 Å². The zero-order valence-corrected chi connectivity index (χ0v) is 31.7. The van der Waals surface area contributed by atoms with E-state index < -0.39 is 0 Å². The highest BCUT2D eigenvalue weighted by molar-refractivity contribution is 5.97. The van der Waals surface area contributed by atoms with Crippen LogP contribution in [0.3, 0.4) is 0 Å². The molecule has 0 saturated heterocycles. The lowest BCUT2D eigenvalue weighted by Gasteiger charge is -2.27. The van der Waals surface area contributed by atoms with Crippen molar-refractivity contribution < 1.29 is 5.11 Å². The minimum Gasteiger partial charge on any atom is -0.507 e. The maximum absolute atomic E-state index is 12.2. The monoisotopic (exact) mass is 704 g/mol. The molecule has 0 aliphatic heterocycles. The van der Waals surface area contributed by atoms with E-state index in [4.69, 9.17) is 15.0 Å². The second-order valence-electron chi connectivity index (χ2n) is 16.0. The van der Waals surface area contributed by atoms with Crippen LogP contribution in [0.15, 0.2) is 152 Å². The molecular formula is C49H44N4O. The smallest absolute Gasteiger partial charge is 0.149 e. The van der Waals surface area contributed by atoms with Gasteiger partial charge in [-0.2, -0.15) is 0 Å². The maximum Gasteiger partial charge on any atom is 0.149 e. The third-order valence-corrected chi connectivity index (χ3v) is 10.2. The van der Waals surface area contributed by atoms with Crippen molar-refractivity contribution in [2.75, 3.05) is 0 Å². The molecule has 8 rings (SSSR count). The molecule has 5 nitrogen and oxygen atoms in total. The van der Waals surface area contributed by atoms with Gasteiger partial charge in [-0.05, 0) is 69.0 Å². The summed E-state index contributed by atoms with van der Waals surface area (Å²) < 4.78 is 2.18. The first-order valence-electron chi connectivity index (χ1n) is 18.5. The fraction of sp³-hybridized carbons (Fsp3) is 0.163. The minimum absolute atomic E-state index is 0.166. The van der Waals surface area contributed by atoms with Crippen LogP contribution in [0, 0.1) is 0 Å². The number of hydrogen-bond donors (Lipinski definition) is 1. The van der Waals surface area contributed by atoms with Crippen LogP contribution < -0.4 is 0 Å². The summed E-state index contributed by atoms with van der Waals surface area (Å²) in [6.45, 7) is 13.1. The highest BCUT2D eigenvalue weighted by Crippen LogP contribution is 2.45. The van der Waals surface area contributed by atoms with E-state index in [9.17, 15) is 5.11 Å². The summed E-state index contributed by atoms with van der Waals surface area (Å²) in [5.41, 5.74) is 13.0. The quantitative estimate of drug-likeness (QED) is 0.187. The summed E-state index contributed by atoms with van der Waals surface area (Å²) in [6, 6.07) is 46.1. The van der Waals surface area contributed by atoms with E-state index in [2.05, 4.69) is 161 Å². The summed E-state index contributed by atoms with van der Waals surface area (Å²) in [4.78, 5) is 15.1. The molecule has 0 bridgehead atoms. The number of rotatable bonds is 6. The first-order valence-corrected chi connectivity index (χ1v) is 18.5. The van der Waals surface area contributed by atoms with Crippen molar-refractivity contribution in [3.05, 3.63) is 163 Å². The normalized spacial score (nSPS) is 12.0. The van der Waals surface area contributed by atoms with Gasteiger partial charge in [0.25, 0.3) is 0 Å². The fourth-order valence-corrected chi connectivity index (χ4v) is 7.21. The lowest BCUT2D eigenvalue weighted by molar-refractivity contribution is 0.446. The van der Waals surface area contributed by atoms with Gasteiger partial charge in [-0.25, -0.2) is 4.98 Å². The number of benzene rings is 5. The Balaban J connectivity index is 1.39. The SMILES string of the molecule is CC(C)(C)c1cc(-c2nc3c(-c4cccc(-c5cc(-c6ccccc6)ccn5)c4)cncc3n2-c2ccccc2-c2ccccc2)c(O)c(C(C)(C)C)c1. The second kappa shape index (κ2) is 13.6. The van der Waals surface area contributed by atoms with Crippen molar-refractivity contribution in [2.45, 2.75) is 52.4 Å². The van der Waals surface area contributed by atoms with Gasteiger partial charge in [-0.1, -0.05) is 145 Å². The van der Waals surface area contributed by atoms with Crippen LogP contribution in [0.4, 0.5) is 0 Å². The van der Waals surface area contributed by atoms with Crippen LogP contribution in [0.5, 0.6) is 5.75 Å². The van der Waals surface area contributed by atoms with Gasteiger partial charge in [0.1, 0.15) is 17.1 Å². The van der Waals surface area contributed by atoms with Crippen molar-refractivity contribution in [3.8, 4) is 67.5 Å². The molecule has 0 aliphatic rings. The predicted octanol–water partition coefficient (Wildman–Crippen LogP) is 12.5. The van der Waals surface area contributed by atoms with Crippen LogP contribution in [0.25, 0.3) is 72.7 Å². The highest BCUT2D eigenvalue weighted by Gasteiger charge is 2.29. The highest BCUT2D eigenvalue weighted by atomic mass is 16.3. The Labute approximate surface area is 317 Å². The topological polar surface area (TPSA) is 63.8 Å². The molecule has 3 heterocycles. The average Bonchev–Trinajstić information content (AvgIpc) is 3.57. The van der Waals surface area contributed by atoms with E-state index in [0.29, 0.717) is 11.4 Å². The molecule has 0 atom stereocenters. The number of nitrogens with zero attached hydrogens (tertiary/aromatic N) is 4. The van der Waals surface area contributed by atoms with Crippen LogP contribution >= 0.6 is 0 Å². The molecule has 1 N–H and O–H groups in total. The molecule has 0 spiro atoms. The number of aromatic nitrogens is 4. The predicted molar refractivity (Wildman–Crippen MR) is 223 cm³/mol. The standard InChI is InChI=1S/C49H44N4O/c1-48(2,3)37-28-39(46(54)41(29-37)49(4,5)6)47-52-45-40(30-50-31-44(45)53(47)43-23-14-13-22-38(43)33-18-11-8-12-19-33)35-20-15-21-36(26-35)42-27-34(24-25-51-42)32-16-9-7-10-17-32/h7-31,54H,1-6H3. The van der Waals surface area contributed by atoms with Gasteiger partial charge in [0.05, 0.1) is 28.7 Å². The largest absolute Gasteiger partial charge is 0.507 e. The van der Waals surface area contributed by atoms with Crippen LogP contribution in [-0.4, -0.2) is 24.6 Å². The molecule has 0 unspecified atom stereocenters. The molecule has 0 saturated carbocycles. The molecule has 0 amide bonds. The van der Waals surface area contributed by atoms with Crippen molar-refractivity contribution in [2.24, 2.45) is 0 Å². The molecule has 0 fully saturated rings. The molecule has 5 aromatic carbocycles. The summed E-state index contributed by atoms with van der Waals surface area (Å²) in [7, 11) is 0. The van der Waals surface area contributed by atoms with Gasteiger partial charge in [-0.15, -0.1) is 0 Å². The number of aromatic hydroxyl groups is 1. The Kier molecular flexibility index (Phi) is 8.74. The molecule has 0 aliphatic carbocycles. The number of phenolic OH excluding ortho intramolecular Hbond substituents is 1. The summed E-state index contributed by atoms with van der Waals surface area (Å²) >= 11 is 0.